The van der Waals surface area contributed by atoms with E-state index in [-0.39, 0.29) is 6.73 Å². The summed E-state index contributed by atoms with van der Waals surface area (Å²) in [6, 6.07) is 0. The zero-order chi connectivity index (χ0) is 5.82. The van der Waals surface area contributed by atoms with Gasteiger partial charge in [-0.2, -0.15) is 0 Å². The first-order valence-corrected chi connectivity index (χ1v) is 2.66. The molecular formula is C5H10N2O. The summed E-state index contributed by atoms with van der Waals surface area (Å²) in [6.07, 6.45) is 3.86. The third-order valence-electron chi connectivity index (χ3n) is 1.07. The molecule has 1 aliphatic rings. The highest BCUT2D eigenvalue weighted by Crippen LogP contribution is 1.88. The molecule has 0 aromatic rings. The van der Waals surface area contributed by atoms with Gasteiger partial charge in [0.05, 0.1) is 6.67 Å². The molecule has 0 aliphatic carbocycles. The number of aliphatic hydroxyl groups excluding tert-OH is 1. The molecule has 46 valence electrons. The second-order valence-corrected chi connectivity index (χ2v) is 1.73. The van der Waals surface area contributed by atoms with Crippen molar-refractivity contribution in [3.63, 3.8) is 0 Å². The van der Waals surface area contributed by atoms with E-state index in [0.717, 1.165) is 13.2 Å². The molecule has 0 saturated heterocycles. The van der Waals surface area contributed by atoms with Crippen LogP contribution in [0.5, 0.6) is 0 Å². The van der Waals surface area contributed by atoms with Gasteiger partial charge in [-0.25, -0.2) is 0 Å². The van der Waals surface area contributed by atoms with Crippen LogP contribution < -0.4 is 5.32 Å². The van der Waals surface area contributed by atoms with Crippen molar-refractivity contribution in [3.05, 3.63) is 12.3 Å². The van der Waals surface area contributed by atoms with Gasteiger partial charge in [-0.15, -0.1) is 0 Å². The van der Waals surface area contributed by atoms with Crippen molar-refractivity contribution < 1.29 is 5.11 Å². The summed E-state index contributed by atoms with van der Waals surface area (Å²) in [5, 5.41) is 11.6. The van der Waals surface area contributed by atoms with Crippen molar-refractivity contribution in [2.45, 2.75) is 0 Å². The Balaban J connectivity index is 2.32. The summed E-state index contributed by atoms with van der Waals surface area (Å²) in [7, 11) is 0. The van der Waals surface area contributed by atoms with E-state index in [1.54, 1.807) is 4.90 Å². The summed E-state index contributed by atoms with van der Waals surface area (Å²) in [5.41, 5.74) is 0. The Hall–Kier alpha value is -0.540. The molecule has 0 fully saturated rings. The van der Waals surface area contributed by atoms with Crippen LogP contribution >= 0.6 is 0 Å². The van der Waals surface area contributed by atoms with Gasteiger partial charge >= 0.3 is 0 Å². The summed E-state index contributed by atoms with van der Waals surface area (Å²) < 4.78 is 0. The van der Waals surface area contributed by atoms with Crippen molar-refractivity contribution >= 4 is 0 Å². The molecule has 0 bridgehead atoms. The number of aliphatic hydroxyl groups is 1. The van der Waals surface area contributed by atoms with Crippen molar-refractivity contribution in [2.75, 3.05) is 19.9 Å². The first kappa shape index (κ1) is 5.59. The van der Waals surface area contributed by atoms with Crippen molar-refractivity contribution in [3.8, 4) is 0 Å². The summed E-state index contributed by atoms with van der Waals surface area (Å²) in [4.78, 5) is 1.78. The number of nitrogens with zero attached hydrogens (tertiary/aromatic N) is 1. The highest BCUT2D eigenvalue weighted by molar-refractivity contribution is 4.87. The van der Waals surface area contributed by atoms with E-state index in [9.17, 15) is 0 Å². The van der Waals surface area contributed by atoms with Crippen LogP contribution in [0, 0.1) is 0 Å². The van der Waals surface area contributed by atoms with Gasteiger partial charge in [0.2, 0.25) is 0 Å². The molecule has 1 heterocycles. The van der Waals surface area contributed by atoms with Gasteiger partial charge in [0.25, 0.3) is 0 Å². The minimum atomic E-state index is 0.101. The highest BCUT2D eigenvalue weighted by atomic mass is 16.3. The largest absolute Gasteiger partial charge is 0.376 e. The molecule has 0 aromatic heterocycles. The first-order valence-electron chi connectivity index (χ1n) is 2.66. The Kier molecular flexibility index (Phi) is 1.88. The lowest BCUT2D eigenvalue weighted by atomic mass is 10.5. The van der Waals surface area contributed by atoms with Crippen molar-refractivity contribution in [2.24, 2.45) is 0 Å². The Labute approximate surface area is 48.6 Å². The topological polar surface area (TPSA) is 35.5 Å². The maximum absolute atomic E-state index is 8.53. The van der Waals surface area contributed by atoms with Gasteiger partial charge in [-0.3, -0.25) is 5.32 Å². The van der Waals surface area contributed by atoms with Gasteiger partial charge in [-0.05, 0) is 6.20 Å². The molecule has 0 radical (unpaired) electrons. The monoisotopic (exact) mass is 114 g/mol. The minimum absolute atomic E-state index is 0.101. The Morgan fingerprint density at radius 2 is 2.62 bits per heavy atom. The maximum Gasteiger partial charge on any atom is 0.116 e. The van der Waals surface area contributed by atoms with Gasteiger partial charge in [0.1, 0.15) is 6.73 Å². The lowest BCUT2D eigenvalue weighted by Gasteiger charge is -2.20. The predicted octanol–water partition coefficient (Wildman–Crippen LogP) is -0.687. The van der Waals surface area contributed by atoms with Crippen LogP contribution in [0.25, 0.3) is 0 Å². The average molecular weight is 114 g/mol. The van der Waals surface area contributed by atoms with Crippen LogP contribution in [0.2, 0.25) is 0 Å². The maximum atomic E-state index is 8.53. The van der Waals surface area contributed by atoms with Crippen LogP contribution in [-0.2, 0) is 0 Å². The number of hydrogen-bond acceptors (Lipinski definition) is 3. The SMILES string of the molecule is OCN1C=CCNC1. The van der Waals surface area contributed by atoms with Crippen LogP contribution in [0.1, 0.15) is 0 Å². The Bertz CT molecular complexity index is 92.4. The first-order chi connectivity index (χ1) is 3.93. The predicted molar refractivity (Wildman–Crippen MR) is 30.9 cm³/mol. The van der Waals surface area contributed by atoms with Crippen LogP contribution in [-0.4, -0.2) is 30.0 Å². The van der Waals surface area contributed by atoms with Crippen molar-refractivity contribution in [1.82, 2.24) is 10.2 Å². The summed E-state index contributed by atoms with van der Waals surface area (Å²) in [6.45, 7) is 1.77. The molecule has 8 heavy (non-hydrogen) atoms. The second kappa shape index (κ2) is 2.69. The molecule has 0 unspecified atom stereocenters. The molecule has 0 saturated carbocycles. The minimum Gasteiger partial charge on any atom is -0.376 e. The van der Waals surface area contributed by atoms with E-state index >= 15 is 0 Å². The summed E-state index contributed by atoms with van der Waals surface area (Å²) in [5.74, 6) is 0. The zero-order valence-corrected chi connectivity index (χ0v) is 4.67. The number of rotatable bonds is 1. The van der Waals surface area contributed by atoms with E-state index in [1.807, 2.05) is 12.3 Å². The smallest absolute Gasteiger partial charge is 0.116 e. The van der Waals surface area contributed by atoms with Gasteiger partial charge in [0.15, 0.2) is 0 Å². The molecule has 3 heteroatoms. The van der Waals surface area contributed by atoms with Gasteiger partial charge in [-0.1, -0.05) is 6.08 Å². The molecule has 2 N–H and O–H groups in total. The van der Waals surface area contributed by atoms with Crippen molar-refractivity contribution in [1.29, 1.82) is 0 Å². The molecule has 0 atom stereocenters. The molecular weight excluding hydrogens is 104 g/mol. The van der Waals surface area contributed by atoms with E-state index < -0.39 is 0 Å². The van der Waals surface area contributed by atoms with E-state index in [1.165, 1.54) is 0 Å². The fourth-order valence-corrected chi connectivity index (χ4v) is 0.643. The molecule has 3 nitrogen and oxygen atoms in total. The average Bonchev–Trinajstić information content (AvgIpc) is 1.90. The third-order valence-corrected chi connectivity index (χ3v) is 1.07. The van der Waals surface area contributed by atoms with E-state index in [0.29, 0.717) is 0 Å². The van der Waals surface area contributed by atoms with Crippen LogP contribution in [0.4, 0.5) is 0 Å². The molecule has 0 spiro atoms. The number of hydrogen-bond donors (Lipinski definition) is 2. The van der Waals surface area contributed by atoms with E-state index in [2.05, 4.69) is 5.32 Å². The van der Waals surface area contributed by atoms with Crippen LogP contribution in [0.3, 0.4) is 0 Å². The molecule has 0 amide bonds. The summed E-state index contributed by atoms with van der Waals surface area (Å²) >= 11 is 0. The fourth-order valence-electron chi connectivity index (χ4n) is 0.643. The van der Waals surface area contributed by atoms with Gasteiger partial charge < -0.3 is 10.0 Å². The normalized spacial score (nSPS) is 19.4. The molecule has 0 aromatic carbocycles. The number of nitrogens with one attached hydrogen (secondary N) is 1. The lowest BCUT2D eigenvalue weighted by molar-refractivity contribution is 0.140. The Morgan fingerprint density at radius 1 is 1.75 bits per heavy atom. The molecule has 1 aliphatic heterocycles. The second-order valence-electron chi connectivity index (χ2n) is 1.73. The fraction of sp³-hybridized carbons (Fsp3) is 0.600. The standard InChI is InChI=1S/C5H10N2O/c8-5-7-3-1-2-6-4-7/h1,3,6,8H,2,4-5H2. The van der Waals surface area contributed by atoms with Gasteiger partial charge in [0, 0.05) is 6.54 Å². The molecule has 1 rings (SSSR count). The quantitative estimate of drug-likeness (QED) is 0.474. The highest BCUT2D eigenvalue weighted by Gasteiger charge is 1.97. The third kappa shape index (κ3) is 1.21. The zero-order valence-electron chi connectivity index (χ0n) is 4.67. The van der Waals surface area contributed by atoms with Crippen LogP contribution in [0.15, 0.2) is 12.3 Å². The Morgan fingerprint density at radius 3 is 3.00 bits per heavy atom. The lowest BCUT2D eigenvalue weighted by Crippen LogP contribution is -2.34. The van der Waals surface area contributed by atoms with E-state index in [4.69, 9.17) is 5.11 Å².